The van der Waals surface area contributed by atoms with Gasteiger partial charge in [-0.3, -0.25) is 4.79 Å². The molecule has 0 saturated heterocycles. The van der Waals surface area contributed by atoms with Gasteiger partial charge in [-0.1, -0.05) is 0 Å². The molecule has 0 fully saturated rings. The van der Waals surface area contributed by atoms with Crippen LogP contribution in [0.1, 0.15) is 24.0 Å². The Balaban J connectivity index is 2.49. The van der Waals surface area contributed by atoms with E-state index >= 15 is 0 Å². The number of carbonyl (C=O) groups is 1. The maximum atomic E-state index is 10.5. The van der Waals surface area contributed by atoms with Crippen molar-refractivity contribution < 1.29 is 4.79 Å². The number of anilines is 1. The minimum atomic E-state index is -0.279. The maximum Gasteiger partial charge on any atom is 0.217 e. The van der Waals surface area contributed by atoms with E-state index in [1.807, 2.05) is 19.1 Å². The van der Waals surface area contributed by atoms with E-state index in [9.17, 15) is 4.79 Å². The van der Waals surface area contributed by atoms with Gasteiger partial charge in [-0.25, -0.2) is 0 Å². The smallest absolute Gasteiger partial charge is 0.217 e. The largest absolute Gasteiger partial charge is 0.385 e. The van der Waals surface area contributed by atoms with Gasteiger partial charge in [0.1, 0.15) is 0 Å². The lowest BCUT2D eigenvalue weighted by atomic mass is 10.1. The number of primary amides is 1. The topological polar surface area (TPSA) is 78.9 Å². The van der Waals surface area contributed by atoms with Crippen molar-refractivity contribution in [3.63, 3.8) is 0 Å². The quantitative estimate of drug-likeness (QED) is 0.734. The van der Waals surface area contributed by atoms with Gasteiger partial charge in [0.2, 0.25) is 5.91 Å². The number of nitrogens with zero attached hydrogens (tertiary/aromatic N) is 1. The van der Waals surface area contributed by atoms with Crippen molar-refractivity contribution in [3.05, 3.63) is 29.3 Å². The van der Waals surface area contributed by atoms with Crippen LogP contribution in [0.5, 0.6) is 0 Å². The highest BCUT2D eigenvalue weighted by Crippen LogP contribution is 2.15. The minimum absolute atomic E-state index is 0.279. The average molecular weight is 217 g/mol. The van der Waals surface area contributed by atoms with E-state index in [-0.39, 0.29) is 5.91 Å². The third-order valence-corrected chi connectivity index (χ3v) is 2.27. The van der Waals surface area contributed by atoms with E-state index in [2.05, 4.69) is 11.4 Å². The molecule has 0 atom stereocenters. The molecule has 0 radical (unpaired) electrons. The fraction of sp³-hybridized carbons (Fsp3) is 0.333. The molecule has 3 N–H and O–H groups in total. The number of carbonyl (C=O) groups excluding carboxylic acids is 1. The molecular formula is C12H15N3O. The van der Waals surface area contributed by atoms with E-state index in [1.165, 1.54) is 0 Å². The predicted molar refractivity (Wildman–Crippen MR) is 62.8 cm³/mol. The van der Waals surface area contributed by atoms with Crippen LogP contribution in [-0.2, 0) is 4.79 Å². The van der Waals surface area contributed by atoms with Gasteiger partial charge < -0.3 is 11.1 Å². The van der Waals surface area contributed by atoms with Crippen LogP contribution in [-0.4, -0.2) is 12.5 Å². The summed E-state index contributed by atoms with van der Waals surface area (Å²) in [5.41, 5.74) is 7.71. The number of benzene rings is 1. The van der Waals surface area contributed by atoms with Crippen LogP contribution in [0.2, 0.25) is 0 Å². The van der Waals surface area contributed by atoms with Crippen LogP contribution in [0.15, 0.2) is 18.2 Å². The lowest BCUT2D eigenvalue weighted by Crippen LogP contribution is -2.12. The SMILES string of the molecule is Cc1cc(C#N)ccc1NCCCC(N)=O. The molecule has 0 bridgehead atoms. The van der Waals surface area contributed by atoms with Crippen molar-refractivity contribution in [2.75, 3.05) is 11.9 Å². The van der Waals surface area contributed by atoms with E-state index in [4.69, 9.17) is 11.0 Å². The second-order valence-corrected chi connectivity index (χ2v) is 3.64. The molecule has 0 aliphatic rings. The molecule has 0 unspecified atom stereocenters. The van der Waals surface area contributed by atoms with E-state index in [1.54, 1.807) is 6.07 Å². The first-order valence-electron chi connectivity index (χ1n) is 5.16. The van der Waals surface area contributed by atoms with E-state index in [0.29, 0.717) is 18.5 Å². The molecule has 16 heavy (non-hydrogen) atoms. The molecule has 4 heteroatoms. The van der Waals surface area contributed by atoms with Crippen molar-refractivity contribution in [2.45, 2.75) is 19.8 Å². The highest BCUT2D eigenvalue weighted by Gasteiger charge is 1.99. The number of rotatable bonds is 5. The van der Waals surface area contributed by atoms with Gasteiger partial charge >= 0.3 is 0 Å². The molecular weight excluding hydrogens is 202 g/mol. The molecule has 0 aromatic heterocycles. The van der Waals surface area contributed by atoms with Crippen LogP contribution < -0.4 is 11.1 Å². The summed E-state index contributed by atoms with van der Waals surface area (Å²) in [6.45, 7) is 2.65. The molecule has 1 aromatic carbocycles. The van der Waals surface area contributed by atoms with Crippen molar-refractivity contribution in [1.29, 1.82) is 5.26 Å². The monoisotopic (exact) mass is 217 g/mol. The van der Waals surface area contributed by atoms with E-state index < -0.39 is 0 Å². The van der Waals surface area contributed by atoms with Crippen molar-refractivity contribution in [2.24, 2.45) is 5.73 Å². The van der Waals surface area contributed by atoms with Gasteiger partial charge in [0.25, 0.3) is 0 Å². The van der Waals surface area contributed by atoms with Crippen LogP contribution in [0.25, 0.3) is 0 Å². The Hall–Kier alpha value is -2.02. The molecule has 0 spiro atoms. The molecule has 1 amide bonds. The Morgan fingerprint density at radius 2 is 2.31 bits per heavy atom. The average Bonchev–Trinajstić information content (AvgIpc) is 2.25. The second-order valence-electron chi connectivity index (χ2n) is 3.64. The third kappa shape index (κ3) is 3.62. The van der Waals surface area contributed by atoms with Crippen LogP contribution in [0, 0.1) is 18.3 Å². The number of hydrogen-bond acceptors (Lipinski definition) is 3. The van der Waals surface area contributed by atoms with Crippen molar-refractivity contribution in [1.82, 2.24) is 0 Å². The first-order valence-corrected chi connectivity index (χ1v) is 5.16. The summed E-state index contributed by atoms with van der Waals surface area (Å²) < 4.78 is 0. The molecule has 0 heterocycles. The fourth-order valence-electron chi connectivity index (χ4n) is 1.42. The number of nitrogens with two attached hydrogens (primary N) is 1. The summed E-state index contributed by atoms with van der Waals surface area (Å²) in [6.07, 6.45) is 1.11. The van der Waals surface area contributed by atoms with Gasteiger partial charge in [0, 0.05) is 18.7 Å². The molecule has 0 aliphatic carbocycles. The Kier molecular flexibility index (Phi) is 4.34. The van der Waals surface area contributed by atoms with Crippen LogP contribution >= 0.6 is 0 Å². The maximum absolute atomic E-state index is 10.5. The zero-order valence-corrected chi connectivity index (χ0v) is 9.29. The number of aryl methyl sites for hydroxylation is 1. The summed E-state index contributed by atoms with van der Waals surface area (Å²) in [4.78, 5) is 10.5. The first-order chi connectivity index (χ1) is 7.63. The van der Waals surface area contributed by atoms with Gasteiger partial charge in [-0.2, -0.15) is 5.26 Å². The van der Waals surface area contributed by atoms with Gasteiger partial charge in [-0.05, 0) is 37.1 Å². The number of nitrogens with one attached hydrogen (secondary N) is 1. The minimum Gasteiger partial charge on any atom is -0.385 e. The number of amides is 1. The number of hydrogen-bond donors (Lipinski definition) is 2. The predicted octanol–water partition coefficient (Wildman–Crippen LogP) is 1.54. The van der Waals surface area contributed by atoms with Crippen LogP contribution in [0.3, 0.4) is 0 Å². The summed E-state index contributed by atoms with van der Waals surface area (Å²) in [5.74, 6) is -0.279. The highest BCUT2D eigenvalue weighted by molar-refractivity contribution is 5.73. The Labute approximate surface area is 95.1 Å². The standard InChI is InChI=1S/C12H15N3O/c1-9-7-10(8-13)4-5-11(9)15-6-2-3-12(14)16/h4-5,7,15H,2-3,6H2,1H3,(H2,14,16). The molecule has 0 saturated carbocycles. The van der Waals surface area contributed by atoms with Gasteiger partial charge in [0.15, 0.2) is 0 Å². The molecule has 4 nitrogen and oxygen atoms in total. The highest BCUT2D eigenvalue weighted by atomic mass is 16.1. The number of nitriles is 1. The zero-order valence-electron chi connectivity index (χ0n) is 9.29. The van der Waals surface area contributed by atoms with Crippen molar-refractivity contribution in [3.8, 4) is 6.07 Å². The normalized spacial score (nSPS) is 9.50. The third-order valence-electron chi connectivity index (χ3n) is 2.27. The molecule has 0 aliphatic heterocycles. The van der Waals surface area contributed by atoms with Crippen molar-refractivity contribution >= 4 is 11.6 Å². The summed E-state index contributed by atoms with van der Waals surface area (Å²) in [6, 6.07) is 7.56. The Morgan fingerprint density at radius 3 is 2.88 bits per heavy atom. The summed E-state index contributed by atoms with van der Waals surface area (Å²) in [7, 11) is 0. The first kappa shape index (κ1) is 12.1. The van der Waals surface area contributed by atoms with Crippen LogP contribution in [0.4, 0.5) is 5.69 Å². The molecule has 1 rings (SSSR count). The Bertz CT molecular complexity index is 421. The molecule has 84 valence electrons. The van der Waals surface area contributed by atoms with Gasteiger partial charge in [-0.15, -0.1) is 0 Å². The molecule has 1 aromatic rings. The zero-order chi connectivity index (χ0) is 12.0. The fourth-order valence-corrected chi connectivity index (χ4v) is 1.42. The van der Waals surface area contributed by atoms with E-state index in [0.717, 1.165) is 17.7 Å². The van der Waals surface area contributed by atoms with Gasteiger partial charge in [0.05, 0.1) is 11.6 Å². The second kappa shape index (κ2) is 5.76. The summed E-state index contributed by atoms with van der Waals surface area (Å²) >= 11 is 0. The lowest BCUT2D eigenvalue weighted by molar-refractivity contribution is -0.118. The summed E-state index contributed by atoms with van der Waals surface area (Å²) in [5, 5.41) is 11.9. The lowest BCUT2D eigenvalue weighted by Gasteiger charge is -2.08. The Morgan fingerprint density at radius 1 is 1.56 bits per heavy atom.